The molecular formula is C14H15Br2N3OS. The van der Waals surface area contributed by atoms with Gasteiger partial charge in [-0.05, 0) is 44.0 Å². The standard InChI is InChI=1S/C14H15Br2N3OS/c1-17-14-13(16)10(7-20-2)18-12(19-14)8-21-11-6-4-3-5-9(11)15/h3-6H,7-8H2,1-2H3,(H,17,18,19). The lowest BCUT2D eigenvalue weighted by molar-refractivity contribution is 0.180. The Balaban J connectivity index is 2.20. The van der Waals surface area contributed by atoms with Gasteiger partial charge >= 0.3 is 0 Å². The molecule has 0 fully saturated rings. The smallest absolute Gasteiger partial charge is 0.144 e. The molecule has 0 amide bonds. The van der Waals surface area contributed by atoms with E-state index >= 15 is 0 Å². The normalized spacial score (nSPS) is 10.7. The summed E-state index contributed by atoms with van der Waals surface area (Å²) in [4.78, 5) is 10.2. The highest BCUT2D eigenvalue weighted by Crippen LogP contribution is 2.30. The SMILES string of the molecule is CNc1nc(CSc2ccccc2Br)nc(COC)c1Br. The van der Waals surface area contributed by atoms with Crippen LogP contribution in [0.25, 0.3) is 0 Å². The summed E-state index contributed by atoms with van der Waals surface area (Å²) < 4.78 is 7.11. The fraction of sp³-hybridized carbons (Fsp3) is 0.286. The second kappa shape index (κ2) is 8.12. The molecule has 4 nitrogen and oxygen atoms in total. The average Bonchev–Trinajstić information content (AvgIpc) is 2.49. The topological polar surface area (TPSA) is 47.0 Å². The average molecular weight is 433 g/mol. The Bertz CT molecular complexity index is 625. The van der Waals surface area contributed by atoms with E-state index in [1.165, 1.54) is 4.90 Å². The summed E-state index contributed by atoms with van der Waals surface area (Å²) in [5.41, 5.74) is 0.847. The van der Waals surface area contributed by atoms with Gasteiger partial charge in [0, 0.05) is 23.5 Å². The monoisotopic (exact) mass is 431 g/mol. The molecule has 1 aromatic carbocycles. The number of ether oxygens (including phenoxy) is 1. The van der Waals surface area contributed by atoms with Crippen LogP contribution in [0.2, 0.25) is 0 Å². The molecule has 0 saturated carbocycles. The van der Waals surface area contributed by atoms with Gasteiger partial charge in [-0.1, -0.05) is 12.1 Å². The van der Waals surface area contributed by atoms with Crippen LogP contribution in [0.3, 0.4) is 0 Å². The Morgan fingerprint density at radius 3 is 2.67 bits per heavy atom. The van der Waals surface area contributed by atoms with Gasteiger partial charge in [0.2, 0.25) is 0 Å². The second-order valence-electron chi connectivity index (χ2n) is 4.15. The van der Waals surface area contributed by atoms with Gasteiger partial charge in [-0.15, -0.1) is 11.8 Å². The number of nitrogens with one attached hydrogen (secondary N) is 1. The van der Waals surface area contributed by atoms with E-state index in [2.05, 4.69) is 53.2 Å². The summed E-state index contributed by atoms with van der Waals surface area (Å²) in [6.45, 7) is 0.449. The third kappa shape index (κ3) is 4.42. The van der Waals surface area contributed by atoms with Crippen molar-refractivity contribution >= 4 is 49.4 Å². The molecule has 0 unspecified atom stereocenters. The maximum absolute atomic E-state index is 5.18. The van der Waals surface area contributed by atoms with Gasteiger partial charge in [-0.3, -0.25) is 0 Å². The van der Waals surface area contributed by atoms with Gasteiger partial charge in [-0.25, -0.2) is 9.97 Å². The molecule has 7 heteroatoms. The van der Waals surface area contributed by atoms with Crippen molar-refractivity contribution in [3.8, 4) is 0 Å². The predicted molar refractivity (Wildman–Crippen MR) is 93.7 cm³/mol. The number of halogens is 2. The number of rotatable bonds is 6. The van der Waals surface area contributed by atoms with Crippen molar-refractivity contribution in [2.24, 2.45) is 0 Å². The molecule has 21 heavy (non-hydrogen) atoms. The van der Waals surface area contributed by atoms with Gasteiger partial charge in [0.25, 0.3) is 0 Å². The highest BCUT2D eigenvalue weighted by Gasteiger charge is 2.12. The van der Waals surface area contributed by atoms with Crippen molar-refractivity contribution in [2.45, 2.75) is 17.3 Å². The molecule has 1 heterocycles. The predicted octanol–water partition coefficient (Wildman–Crippen LogP) is 4.48. The van der Waals surface area contributed by atoms with E-state index in [1.54, 1.807) is 18.9 Å². The summed E-state index contributed by atoms with van der Waals surface area (Å²) in [6.07, 6.45) is 0. The molecule has 2 aromatic rings. The number of nitrogens with zero attached hydrogens (tertiary/aromatic N) is 2. The van der Waals surface area contributed by atoms with E-state index in [4.69, 9.17) is 4.74 Å². The lowest BCUT2D eigenvalue weighted by atomic mass is 10.4. The largest absolute Gasteiger partial charge is 0.378 e. The lowest BCUT2D eigenvalue weighted by Crippen LogP contribution is -2.06. The summed E-state index contributed by atoms with van der Waals surface area (Å²) in [6, 6.07) is 8.12. The second-order valence-corrected chi connectivity index (χ2v) is 6.82. The molecule has 0 radical (unpaired) electrons. The quantitative estimate of drug-likeness (QED) is 0.681. The molecule has 1 aromatic heterocycles. The number of hydrogen-bond acceptors (Lipinski definition) is 5. The minimum Gasteiger partial charge on any atom is -0.378 e. The van der Waals surface area contributed by atoms with Gasteiger partial charge < -0.3 is 10.1 Å². The minimum absolute atomic E-state index is 0.449. The first-order chi connectivity index (χ1) is 10.2. The third-order valence-corrected chi connectivity index (χ3v) is 5.53. The van der Waals surface area contributed by atoms with Crippen LogP contribution in [0.1, 0.15) is 11.5 Å². The fourth-order valence-electron chi connectivity index (χ4n) is 1.71. The Hall–Kier alpha value is -0.630. The zero-order valence-electron chi connectivity index (χ0n) is 11.7. The molecule has 0 spiro atoms. The Morgan fingerprint density at radius 2 is 2.00 bits per heavy atom. The van der Waals surface area contributed by atoms with E-state index in [9.17, 15) is 0 Å². The fourth-order valence-corrected chi connectivity index (χ4v) is 3.62. The van der Waals surface area contributed by atoms with Crippen molar-refractivity contribution < 1.29 is 4.74 Å². The van der Waals surface area contributed by atoms with E-state index in [-0.39, 0.29) is 0 Å². The number of benzene rings is 1. The summed E-state index contributed by atoms with van der Waals surface area (Å²) in [7, 11) is 3.50. The van der Waals surface area contributed by atoms with Gasteiger partial charge in [0.05, 0.1) is 22.5 Å². The Labute approximate surface area is 145 Å². The number of thioether (sulfide) groups is 1. The zero-order chi connectivity index (χ0) is 15.2. The van der Waals surface area contributed by atoms with Crippen LogP contribution in [-0.4, -0.2) is 24.1 Å². The molecule has 0 aliphatic rings. The van der Waals surface area contributed by atoms with Gasteiger partial charge in [0.1, 0.15) is 11.6 Å². The minimum atomic E-state index is 0.449. The number of aromatic nitrogens is 2. The Kier molecular flexibility index (Phi) is 6.47. The third-order valence-electron chi connectivity index (χ3n) is 2.68. The van der Waals surface area contributed by atoms with Crippen molar-refractivity contribution in [2.75, 3.05) is 19.5 Å². The van der Waals surface area contributed by atoms with Crippen LogP contribution in [0.5, 0.6) is 0 Å². The molecule has 2 rings (SSSR count). The van der Waals surface area contributed by atoms with E-state index in [1.807, 2.05) is 25.2 Å². The number of anilines is 1. The van der Waals surface area contributed by atoms with Crippen LogP contribution in [0, 0.1) is 0 Å². The number of methoxy groups -OCH3 is 1. The van der Waals surface area contributed by atoms with E-state index in [0.29, 0.717) is 12.4 Å². The van der Waals surface area contributed by atoms with Crippen LogP contribution in [0.15, 0.2) is 38.1 Å². The molecule has 1 N–H and O–H groups in total. The maximum atomic E-state index is 5.18. The van der Waals surface area contributed by atoms with Crippen LogP contribution >= 0.6 is 43.6 Å². The highest BCUT2D eigenvalue weighted by atomic mass is 79.9. The first-order valence-electron chi connectivity index (χ1n) is 6.25. The van der Waals surface area contributed by atoms with Crippen molar-refractivity contribution in [3.63, 3.8) is 0 Å². The summed E-state index contributed by atoms with van der Waals surface area (Å²) in [5, 5.41) is 3.07. The first kappa shape index (κ1) is 16.7. The molecule has 0 bridgehead atoms. The highest BCUT2D eigenvalue weighted by molar-refractivity contribution is 9.11. The van der Waals surface area contributed by atoms with E-state index in [0.717, 1.165) is 26.3 Å². The molecule has 112 valence electrons. The van der Waals surface area contributed by atoms with Crippen molar-refractivity contribution in [3.05, 3.63) is 44.7 Å². The Morgan fingerprint density at radius 1 is 1.24 bits per heavy atom. The first-order valence-corrected chi connectivity index (χ1v) is 8.82. The van der Waals surface area contributed by atoms with Crippen LogP contribution < -0.4 is 5.32 Å². The van der Waals surface area contributed by atoms with Gasteiger partial charge in [0.15, 0.2) is 0 Å². The zero-order valence-corrected chi connectivity index (χ0v) is 15.7. The molecular weight excluding hydrogens is 418 g/mol. The molecule has 0 saturated heterocycles. The summed E-state index contributed by atoms with van der Waals surface area (Å²) in [5.74, 6) is 2.25. The molecule has 0 aliphatic carbocycles. The molecule has 0 aliphatic heterocycles. The number of hydrogen-bond donors (Lipinski definition) is 1. The van der Waals surface area contributed by atoms with Crippen molar-refractivity contribution in [1.82, 2.24) is 9.97 Å². The van der Waals surface area contributed by atoms with Crippen molar-refractivity contribution in [1.29, 1.82) is 0 Å². The van der Waals surface area contributed by atoms with Gasteiger partial charge in [-0.2, -0.15) is 0 Å². The molecule has 0 atom stereocenters. The maximum Gasteiger partial charge on any atom is 0.144 e. The van der Waals surface area contributed by atoms with E-state index < -0.39 is 0 Å². The van der Waals surface area contributed by atoms with Crippen LogP contribution in [-0.2, 0) is 17.1 Å². The lowest BCUT2D eigenvalue weighted by Gasteiger charge is -2.11. The summed E-state index contributed by atoms with van der Waals surface area (Å²) >= 11 is 8.75. The van der Waals surface area contributed by atoms with Crippen LogP contribution in [0.4, 0.5) is 5.82 Å².